The summed E-state index contributed by atoms with van der Waals surface area (Å²) in [6.07, 6.45) is -2.66. The summed E-state index contributed by atoms with van der Waals surface area (Å²) in [7, 11) is 0. The Morgan fingerprint density at radius 2 is 1.95 bits per heavy atom. The average molecular weight is 303 g/mol. The molecule has 1 aromatic carbocycles. The standard InChI is InChI=1S/C15H17F4NO/c1-9(2)14(5-6-14)8-20-13(21)11-7-10(15(17,18)19)3-4-12(11)16/h3-4,7,9H,5-6,8H2,1-2H3,(H,20,21). The van der Waals surface area contributed by atoms with Crippen molar-refractivity contribution in [1.82, 2.24) is 5.32 Å². The minimum atomic E-state index is -4.60. The van der Waals surface area contributed by atoms with E-state index in [1.165, 1.54) is 0 Å². The number of alkyl halides is 3. The predicted molar refractivity (Wildman–Crippen MR) is 70.2 cm³/mol. The largest absolute Gasteiger partial charge is 0.416 e. The zero-order chi connectivity index (χ0) is 15.8. The maximum Gasteiger partial charge on any atom is 0.416 e. The normalized spacial score (nSPS) is 16.9. The lowest BCUT2D eigenvalue weighted by Gasteiger charge is -2.20. The van der Waals surface area contributed by atoms with Gasteiger partial charge in [-0.1, -0.05) is 13.8 Å². The van der Waals surface area contributed by atoms with Crippen LogP contribution in [0.1, 0.15) is 42.6 Å². The smallest absolute Gasteiger partial charge is 0.351 e. The molecule has 0 atom stereocenters. The average Bonchev–Trinajstić information content (AvgIpc) is 3.16. The Labute approximate surface area is 120 Å². The molecule has 1 fully saturated rings. The van der Waals surface area contributed by atoms with Crippen molar-refractivity contribution >= 4 is 5.91 Å². The molecule has 1 aliphatic carbocycles. The Balaban J connectivity index is 2.12. The Morgan fingerprint density at radius 3 is 2.43 bits per heavy atom. The molecule has 6 heteroatoms. The molecule has 0 saturated heterocycles. The molecule has 0 spiro atoms. The molecular formula is C15H17F4NO. The third-order valence-corrected chi connectivity index (χ3v) is 4.26. The highest BCUT2D eigenvalue weighted by atomic mass is 19.4. The molecule has 1 saturated carbocycles. The van der Waals surface area contributed by atoms with Crippen molar-refractivity contribution in [2.45, 2.75) is 32.9 Å². The Kier molecular flexibility index (Phi) is 4.00. The van der Waals surface area contributed by atoms with E-state index in [9.17, 15) is 22.4 Å². The zero-order valence-corrected chi connectivity index (χ0v) is 11.9. The number of halogens is 4. The van der Waals surface area contributed by atoms with Crippen molar-refractivity contribution in [1.29, 1.82) is 0 Å². The van der Waals surface area contributed by atoms with Gasteiger partial charge in [-0.3, -0.25) is 4.79 Å². The molecule has 1 aliphatic rings. The van der Waals surface area contributed by atoms with Gasteiger partial charge in [0, 0.05) is 6.54 Å². The number of benzene rings is 1. The minimum Gasteiger partial charge on any atom is -0.351 e. The van der Waals surface area contributed by atoms with Crippen LogP contribution in [0.5, 0.6) is 0 Å². The third kappa shape index (κ3) is 3.36. The van der Waals surface area contributed by atoms with Crippen molar-refractivity contribution in [3.8, 4) is 0 Å². The van der Waals surface area contributed by atoms with E-state index in [0.29, 0.717) is 30.7 Å². The van der Waals surface area contributed by atoms with Gasteiger partial charge >= 0.3 is 6.18 Å². The van der Waals surface area contributed by atoms with Gasteiger partial charge in [-0.25, -0.2) is 4.39 Å². The van der Waals surface area contributed by atoms with Crippen LogP contribution in [-0.4, -0.2) is 12.5 Å². The molecule has 1 N–H and O–H groups in total. The summed E-state index contributed by atoms with van der Waals surface area (Å²) < 4.78 is 51.4. The lowest BCUT2D eigenvalue weighted by atomic mass is 9.92. The first kappa shape index (κ1) is 15.8. The summed E-state index contributed by atoms with van der Waals surface area (Å²) in [5.74, 6) is -1.38. The molecule has 21 heavy (non-hydrogen) atoms. The molecule has 0 unspecified atom stereocenters. The molecule has 2 rings (SSSR count). The topological polar surface area (TPSA) is 29.1 Å². The maximum absolute atomic E-state index is 13.6. The quantitative estimate of drug-likeness (QED) is 0.837. The molecule has 2 nitrogen and oxygen atoms in total. The number of hydrogen-bond acceptors (Lipinski definition) is 1. The molecule has 0 radical (unpaired) electrons. The second kappa shape index (κ2) is 5.31. The Morgan fingerprint density at radius 1 is 1.33 bits per heavy atom. The van der Waals surface area contributed by atoms with E-state index in [1.807, 2.05) is 13.8 Å². The summed E-state index contributed by atoms with van der Waals surface area (Å²) in [6.45, 7) is 4.42. The summed E-state index contributed by atoms with van der Waals surface area (Å²) in [5.41, 5.74) is -1.59. The SMILES string of the molecule is CC(C)C1(CNC(=O)c2cc(C(F)(F)F)ccc2F)CC1. The summed E-state index contributed by atoms with van der Waals surface area (Å²) in [5, 5.41) is 2.56. The van der Waals surface area contributed by atoms with Crippen LogP contribution in [0.25, 0.3) is 0 Å². The monoisotopic (exact) mass is 303 g/mol. The van der Waals surface area contributed by atoms with E-state index in [1.54, 1.807) is 0 Å². The molecule has 1 amide bonds. The number of rotatable bonds is 4. The highest BCUT2D eigenvalue weighted by molar-refractivity contribution is 5.94. The number of carbonyl (C=O) groups excluding carboxylic acids is 1. The number of nitrogens with one attached hydrogen (secondary N) is 1. The van der Waals surface area contributed by atoms with Gasteiger partial charge in [0.15, 0.2) is 0 Å². The van der Waals surface area contributed by atoms with Crippen molar-refractivity contribution in [3.63, 3.8) is 0 Å². The van der Waals surface area contributed by atoms with Crippen molar-refractivity contribution in [2.75, 3.05) is 6.54 Å². The minimum absolute atomic E-state index is 0.00771. The van der Waals surface area contributed by atoms with Crippen LogP contribution in [0, 0.1) is 17.2 Å². The first-order valence-electron chi connectivity index (χ1n) is 6.81. The Bertz CT molecular complexity index is 547. The fraction of sp³-hybridized carbons (Fsp3) is 0.533. The van der Waals surface area contributed by atoms with Crippen molar-refractivity contribution < 1.29 is 22.4 Å². The molecule has 0 heterocycles. The van der Waals surface area contributed by atoms with Crippen molar-refractivity contribution in [2.24, 2.45) is 11.3 Å². The second-order valence-corrected chi connectivity index (χ2v) is 5.89. The second-order valence-electron chi connectivity index (χ2n) is 5.89. The highest BCUT2D eigenvalue weighted by Gasteiger charge is 2.45. The molecule has 116 valence electrons. The van der Waals surface area contributed by atoms with Crippen LogP contribution >= 0.6 is 0 Å². The van der Waals surface area contributed by atoms with E-state index < -0.39 is 29.0 Å². The summed E-state index contributed by atoms with van der Waals surface area (Å²) in [6, 6.07) is 1.86. The fourth-order valence-corrected chi connectivity index (χ4v) is 2.35. The van der Waals surface area contributed by atoms with Gasteiger partial charge in [0.1, 0.15) is 5.82 Å². The van der Waals surface area contributed by atoms with E-state index in [2.05, 4.69) is 5.32 Å². The number of hydrogen-bond donors (Lipinski definition) is 1. The van der Waals surface area contributed by atoms with Gasteiger partial charge in [0.2, 0.25) is 0 Å². The number of amides is 1. The van der Waals surface area contributed by atoms with Gasteiger partial charge in [0.05, 0.1) is 11.1 Å². The molecule has 0 bridgehead atoms. The highest BCUT2D eigenvalue weighted by Crippen LogP contribution is 2.51. The van der Waals surface area contributed by atoms with Crippen LogP contribution in [0.2, 0.25) is 0 Å². The predicted octanol–water partition coefficient (Wildman–Crippen LogP) is 4.01. The molecule has 1 aromatic rings. The lowest BCUT2D eigenvalue weighted by Crippen LogP contribution is -2.33. The molecular weight excluding hydrogens is 286 g/mol. The molecule has 0 aromatic heterocycles. The van der Waals surface area contributed by atoms with Gasteiger partial charge in [-0.15, -0.1) is 0 Å². The fourth-order valence-electron chi connectivity index (χ4n) is 2.35. The Hall–Kier alpha value is -1.59. The van der Waals surface area contributed by atoms with E-state index in [0.717, 1.165) is 12.8 Å². The van der Waals surface area contributed by atoms with E-state index >= 15 is 0 Å². The van der Waals surface area contributed by atoms with E-state index in [-0.39, 0.29) is 5.41 Å². The molecule has 0 aliphatic heterocycles. The van der Waals surface area contributed by atoms with Crippen LogP contribution in [0.4, 0.5) is 17.6 Å². The summed E-state index contributed by atoms with van der Waals surface area (Å²) in [4.78, 5) is 11.9. The van der Waals surface area contributed by atoms with Crippen molar-refractivity contribution in [3.05, 3.63) is 35.1 Å². The van der Waals surface area contributed by atoms with Gasteiger partial charge in [-0.05, 0) is 42.4 Å². The van der Waals surface area contributed by atoms with Crippen LogP contribution in [-0.2, 0) is 6.18 Å². The zero-order valence-electron chi connectivity index (χ0n) is 11.9. The lowest BCUT2D eigenvalue weighted by molar-refractivity contribution is -0.137. The number of carbonyl (C=O) groups is 1. The first-order valence-corrected chi connectivity index (χ1v) is 6.81. The van der Waals surface area contributed by atoms with Gasteiger partial charge in [0.25, 0.3) is 5.91 Å². The van der Waals surface area contributed by atoms with Crippen LogP contribution in [0.15, 0.2) is 18.2 Å². The van der Waals surface area contributed by atoms with Gasteiger partial charge < -0.3 is 5.32 Å². The first-order chi connectivity index (χ1) is 9.66. The van der Waals surface area contributed by atoms with Crippen LogP contribution < -0.4 is 5.32 Å². The summed E-state index contributed by atoms with van der Waals surface area (Å²) >= 11 is 0. The van der Waals surface area contributed by atoms with Gasteiger partial charge in [-0.2, -0.15) is 13.2 Å². The maximum atomic E-state index is 13.6. The van der Waals surface area contributed by atoms with E-state index in [4.69, 9.17) is 0 Å². The van der Waals surface area contributed by atoms with Crippen LogP contribution in [0.3, 0.4) is 0 Å². The third-order valence-electron chi connectivity index (χ3n) is 4.26.